The number of likely N-dealkylation sites (tertiary alicyclic amines) is 1. The zero-order valence-electron chi connectivity index (χ0n) is 9.23. The van der Waals surface area contributed by atoms with Gasteiger partial charge in [0.25, 0.3) is 0 Å². The van der Waals surface area contributed by atoms with E-state index < -0.39 is 0 Å². The third kappa shape index (κ3) is 2.80. The quantitative estimate of drug-likeness (QED) is 0.808. The molecule has 1 heterocycles. The Morgan fingerprint density at radius 1 is 1.13 bits per heavy atom. The molecule has 1 saturated heterocycles. The molecule has 2 rings (SSSR count). The Kier molecular flexibility index (Phi) is 3.75. The Labute approximate surface area is 92.1 Å². The molecule has 1 aliphatic rings. The van der Waals surface area contributed by atoms with Crippen LogP contribution in [-0.4, -0.2) is 30.6 Å². The summed E-state index contributed by atoms with van der Waals surface area (Å²) in [5.41, 5.74) is 7.26. The van der Waals surface area contributed by atoms with Crippen LogP contribution in [-0.2, 0) is 6.42 Å². The van der Waals surface area contributed by atoms with Crippen LogP contribution in [0.1, 0.15) is 18.4 Å². The topological polar surface area (TPSA) is 29.3 Å². The highest BCUT2D eigenvalue weighted by atomic mass is 15.2. The summed E-state index contributed by atoms with van der Waals surface area (Å²) >= 11 is 0. The van der Waals surface area contributed by atoms with E-state index in [0.717, 1.165) is 13.0 Å². The average molecular weight is 204 g/mol. The van der Waals surface area contributed by atoms with Gasteiger partial charge in [-0.3, -0.25) is 4.90 Å². The maximum atomic E-state index is 5.86. The number of hydrogen-bond donors (Lipinski definition) is 1. The summed E-state index contributed by atoms with van der Waals surface area (Å²) in [5.74, 6) is 0. The highest BCUT2D eigenvalue weighted by Crippen LogP contribution is 2.14. The van der Waals surface area contributed by atoms with E-state index in [1.807, 2.05) is 0 Å². The molecular formula is C13H20N2. The molecule has 0 spiro atoms. The molecule has 0 radical (unpaired) electrons. The molecule has 15 heavy (non-hydrogen) atoms. The van der Waals surface area contributed by atoms with Gasteiger partial charge in [-0.2, -0.15) is 0 Å². The predicted molar refractivity (Wildman–Crippen MR) is 63.8 cm³/mol. The lowest BCUT2D eigenvalue weighted by molar-refractivity contribution is 0.246. The molecule has 0 amide bonds. The minimum absolute atomic E-state index is 0.537. The lowest BCUT2D eigenvalue weighted by atomic mass is 10.1. The molecule has 82 valence electrons. The summed E-state index contributed by atoms with van der Waals surface area (Å²) in [5, 5.41) is 0. The molecule has 1 unspecified atom stereocenters. The van der Waals surface area contributed by atoms with Crippen LogP contribution in [0.25, 0.3) is 0 Å². The van der Waals surface area contributed by atoms with E-state index in [1.54, 1.807) is 0 Å². The van der Waals surface area contributed by atoms with Crippen LogP contribution in [0.3, 0.4) is 0 Å². The fraction of sp³-hybridized carbons (Fsp3) is 0.538. The lowest BCUT2D eigenvalue weighted by Crippen LogP contribution is -2.40. The van der Waals surface area contributed by atoms with Crippen LogP contribution < -0.4 is 5.73 Å². The van der Waals surface area contributed by atoms with Crippen molar-refractivity contribution in [3.05, 3.63) is 35.9 Å². The van der Waals surface area contributed by atoms with Crippen LogP contribution in [0, 0.1) is 0 Å². The second-order valence-electron chi connectivity index (χ2n) is 4.32. The summed E-state index contributed by atoms with van der Waals surface area (Å²) < 4.78 is 0. The molecule has 1 aromatic rings. The zero-order valence-corrected chi connectivity index (χ0v) is 9.23. The van der Waals surface area contributed by atoms with E-state index in [9.17, 15) is 0 Å². The van der Waals surface area contributed by atoms with Crippen LogP contribution in [0.15, 0.2) is 30.3 Å². The lowest BCUT2D eigenvalue weighted by Gasteiger charge is -2.26. The van der Waals surface area contributed by atoms with Crippen LogP contribution >= 0.6 is 0 Å². The van der Waals surface area contributed by atoms with Gasteiger partial charge < -0.3 is 5.73 Å². The largest absolute Gasteiger partial charge is 0.329 e. The highest BCUT2D eigenvalue weighted by Gasteiger charge is 2.20. The van der Waals surface area contributed by atoms with Crippen LogP contribution in [0.2, 0.25) is 0 Å². The molecule has 1 aliphatic heterocycles. The molecule has 1 aromatic carbocycles. The minimum Gasteiger partial charge on any atom is -0.329 e. The van der Waals surface area contributed by atoms with Gasteiger partial charge in [0.1, 0.15) is 0 Å². The number of hydrogen-bond acceptors (Lipinski definition) is 2. The van der Waals surface area contributed by atoms with Crippen molar-refractivity contribution in [3.8, 4) is 0 Å². The summed E-state index contributed by atoms with van der Waals surface area (Å²) in [6.45, 7) is 3.23. The fourth-order valence-electron chi connectivity index (χ4n) is 2.35. The number of nitrogens with two attached hydrogens (primary N) is 1. The molecule has 0 saturated carbocycles. The zero-order chi connectivity index (χ0) is 10.5. The van der Waals surface area contributed by atoms with E-state index in [-0.39, 0.29) is 0 Å². The Balaban J connectivity index is 1.96. The standard InChI is InChI=1S/C13H20N2/c14-11-13(15-8-4-5-9-15)10-12-6-2-1-3-7-12/h1-3,6-7,13H,4-5,8-11,14H2. The summed E-state index contributed by atoms with van der Waals surface area (Å²) in [7, 11) is 0. The minimum atomic E-state index is 0.537. The fourth-order valence-corrected chi connectivity index (χ4v) is 2.35. The summed E-state index contributed by atoms with van der Waals surface area (Å²) in [6.07, 6.45) is 3.77. The van der Waals surface area contributed by atoms with E-state index in [4.69, 9.17) is 5.73 Å². The van der Waals surface area contributed by atoms with Crippen molar-refractivity contribution in [2.75, 3.05) is 19.6 Å². The second kappa shape index (κ2) is 5.29. The van der Waals surface area contributed by atoms with Crippen LogP contribution in [0.5, 0.6) is 0 Å². The highest BCUT2D eigenvalue weighted by molar-refractivity contribution is 5.16. The van der Waals surface area contributed by atoms with E-state index in [2.05, 4.69) is 35.2 Å². The maximum absolute atomic E-state index is 5.86. The Morgan fingerprint density at radius 3 is 2.40 bits per heavy atom. The monoisotopic (exact) mass is 204 g/mol. The van der Waals surface area contributed by atoms with Gasteiger partial charge in [0.05, 0.1) is 0 Å². The van der Waals surface area contributed by atoms with E-state index in [0.29, 0.717) is 6.04 Å². The molecule has 0 aliphatic carbocycles. The molecule has 2 N–H and O–H groups in total. The van der Waals surface area contributed by atoms with Crippen molar-refractivity contribution in [1.29, 1.82) is 0 Å². The molecule has 2 heteroatoms. The van der Waals surface area contributed by atoms with Crippen molar-refractivity contribution < 1.29 is 0 Å². The van der Waals surface area contributed by atoms with Gasteiger partial charge in [0.2, 0.25) is 0 Å². The first-order valence-electron chi connectivity index (χ1n) is 5.88. The summed E-state index contributed by atoms with van der Waals surface area (Å²) in [4.78, 5) is 2.53. The normalized spacial score (nSPS) is 19.3. The molecule has 2 nitrogen and oxygen atoms in total. The van der Waals surface area contributed by atoms with Gasteiger partial charge in [-0.15, -0.1) is 0 Å². The number of nitrogens with zero attached hydrogens (tertiary/aromatic N) is 1. The van der Waals surface area contributed by atoms with Gasteiger partial charge in [-0.25, -0.2) is 0 Å². The summed E-state index contributed by atoms with van der Waals surface area (Å²) in [6, 6.07) is 11.2. The molecule has 1 atom stereocenters. The number of benzene rings is 1. The molecule has 0 aromatic heterocycles. The van der Waals surface area contributed by atoms with Crippen molar-refractivity contribution in [2.24, 2.45) is 5.73 Å². The second-order valence-corrected chi connectivity index (χ2v) is 4.32. The molecular weight excluding hydrogens is 184 g/mol. The first-order valence-corrected chi connectivity index (χ1v) is 5.88. The smallest absolute Gasteiger partial charge is 0.0258 e. The molecule has 1 fully saturated rings. The predicted octanol–water partition coefficient (Wildman–Crippen LogP) is 1.65. The van der Waals surface area contributed by atoms with E-state index in [1.165, 1.54) is 31.5 Å². The third-order valence-electron chi connectivity index (χ3n) is 3.24. The Hall–Kier alpha value is -0.860. The number of rotatable bonds is 4. The average Bonchev–Trinajstić information content (AvgIpc) is 2.81. The van der Waals surface area contributed by atoms with Crippen molar-refractivity contribution in [1.82, 2.24) is 4.90 Å². The van der Waals surface area contributed by atoms with Gasteiger partial charge in [-0.1, -0.05) is 30.3 Å². The van der Waals surface area contributed by atoms with Gasteiger partial charge in [0, 0.05) is 12.6 Å². The van der Waals surface area contributed by atoms with E-state index >= 15 is 0 Å². The maximum Gasteiger partial charge on any atom is 0.0258 e. The third-order valence-corrected chi connectivity index (χ3v) is 3.24. The SMILES string of the molecule is NCC(Cc1ccccc1)N1CCCC1. The van der Waals surface area contributed by atoms with Crippen molar-refractivity contribution >= 4 is 0 Å². The first kappa shape index (κ1) is 10.7. The Morgan fingerprint density at radius 2 is 1.80 bits per heavy atom. The van der Waals surface area contributed by atoms with Gasteiger partial charge >= 0.3 is 0 Å². The first-order chi connectivity index (χ1) is 7.40. The van der Waals surface area contributed by atoms with Crippen molar-refractivity contribution in [3.63, 3.8) is 0 Å². The van der Waals surface area contributed by atoms with Crippen molar-refractivity contribution in [2.45, 2.75) is 25.3 Å². The Bertz CT molecular complexity index is 278. The van der Waals surface area contributed by atoms with Gasteiger partial charge in [0.15, 0.2) is 0 Å². The molecule has 0 bridgehead atoms. The van der Waals surface area contributed by atoms with Gasteiger partial charge in [-0.05, 0) is 37.9 Å². The van der Waals surface area contributed by atoms with Crippen LogP contribution in [0.4, 0.5) is 0 Å².